The summed E-state index contributed by atoms with van der Waals surface area (Å²) in [6.07, 6.45) is 6.38. The van der Waals surface area contributed by atoms with Crippen molar-refractivity contribution in [3.05, 3.63) is 35.8 Å². The number of thiazole rings is 1. The summed E-state index contributed by atoms with van der Waals surface area (Å²) in [6.45, 7) is 2.20. The third-order valence-corrected chi connectivity index (χ3v) is 7.13. The minimum absolute atomic E-state index is 0.108. The molecule has 0 spiro atoms. The van der Waals surface area contributed by atoms with Gasteiger partial charge in [0.25, 0.3) is 0 Å². The number of benzene rings is 1. The fourth-order valence-corrected chi connectivity index (χ4v) is 5.18. The van der Waals surface area contributed by atoms with Crippen LogP contribution in [0.15, 0.2) is 22.5 Å². The Kier molecular flexibility index (Phi) is 8.80. The van der Waals surface area contributed by atoms with Gasteiger partial charge in [-0.1, -0.05) is 30.6 Å². The molecule has 2 amide bonds. The maximum absolute atomic E-state index is 14.5. The second-order valence-corrected chi connectivity index (χ2v) is 9.62. The van der Waals surface area contributed by atoms with Gasteiger partial charge in [-0.2, -0.15) is 0 Å². The number of nitrogens with one attached hydrogen (secondary N) is 1. The van der Waals surface area contributed by atoms with Crippen molar-refractivity contribution < 1.29 is 27.5 Å². The van der Waals surface area contributed by atoms with Crippen LogP contribution in [-0.4, -0.2) is 35.9 Å². The standard InChI is InChI=1S/C21H24F3N3O3S2/c1-2-30-16(28)12-31-17-10-25-20(32-17)26-21(29)27(11-13-6-4-3-5-7-13)15-9-8-14(22)18(23)19(15)24/h8-10,13H,2-7,11-12H2,1H3,(H,25,26,29). The molecule has 2 aromatic rings. The summed E-state index contributed by atoms with van der Waals surface area (Å²) in [4.78, 5) is 29.7. The van der Waals surface area contributed by atoms with Crippen molar-refractivity contribution in [1.29, 1.82) is 0 Å². The zero-order valence-electron chi connectivity index (χ0n) is 17.5. The Morgan fingerprint density at radius 2 is 1.97 bits per heavy atom. The fourth-order valence-electron chi connectivity index (χ4n) is 3.52. The Morgan fingerprint density at radius 1 is 1.22 bits per heavy atom. The van der Waals surface area contributed by atoms with Gasteiger partial charge in [0, 0.05) is 6.54 Å². The molecular weight excluding hydrogens is 463 g/mol. The Labute approximate surface area is 192 Å². The highest BCUT2D eigenvalue weighted by Gasteiger charge is 2.27. The number of hydrogen-bond donors (Lipinski definition) is 1. The highest BCUT2D eigenvalue weighted by Crippen LogP contribution is 2.31. The van der Waals surface area contributed by atoms with Crippen LogP contribution in [0.3, 0.4) is 0 Å². The topological polar surface area (TPSA) is 71.5 Å². The van der Waals surface area contributed by atoms with Crippen LogP contribution in [0, 0.1) is 23.4 Å². The number of ether oxygens (including phenoxy) is 1. The average molecular weight is 488 g/mol. The van der Waals surface area contributed by atoms with E-state index in [1.807, 2.05) is 0 Å². The van der Waals surface area contributed by atoms with Crippen LogP contribution < -0.4 is 10.2 Å². The third kappa shape index (κ3) is 6.38. The van der Waals surface area contributed by atoms with Crippen LogP contribution in [0.25, 0.3) is 0 Å². The number of esters is 1. The Balaban J connectivity index is 1.74. The van der Waals surface area contributed by atoms with Crippen LogP contribution in [0.4, 0.5) is 28.8 Å². The van der Waals surface area contributed by atoms with Crippen LogP contribution >= 0.6 is 23.1 Å². The van der Waals surface area contributed by atoms with Gasteiger partial charge in [0.15, 0.2) is 22.6 Å². The molecule has 1 heterocycles. The van der Waals surface area contributed by atoms with Crippen molar-refractivity contribution in [2.75, 3.05) is 29.1 Å². The van der Waals surface area contributed by atoms with E-state index in [1.54, 1.807) is 6.92 Å². The van der Waals surface area contributed by atoms with E-state index < -0.39 is 23.5 Å². The van der Waals surface area contributed by atoms with Crippen molar-refractivity contribution in [2.45, 2.75) is 43.2 Å². The second-order valence-electron chi connectivity index (χ2n) is 7.32. The lowest BCUT2D eigenvalue weighted by atomic mass is 9.89. The average Bonchev–Trinajstić information content (AvgIpc) is 3.23. The molecule has 1 saturated carbocycles. The number of anilines is 2. The summed E-state index contributed by atoms with van der Waals surface area (Å²) in [5.74, 6) is -4.45. The Hall–Kier alpha value is -2.27. The second kappa shape index (κ2) is 11.6. The number of nitrogens with zero attached hydrogens (tertiary/aromatic N) is 2. The molecule has 0 saturated heterocycles. The van der Waals surface area contributed by atoms with Gasteiger partial charge < -0.3 is 4.74 Å². The van der Waals surface area contributed by atoms with Crippen molar-refractivity contribution in [3.63, 3.8) is 0 Å². The van der Waals surface area contributed by atoms with Crippen LogP contribution in [0.5, 0.6) is 0 Å². The van der Waals surface area contributed by atoms with Gasteiger partial charge in [-0.15, -0.1) is 11.8 Å². The number of halogens is 3. The number of amides is 2. The summed E-state index contributed by atoms with van der Waals surface area (Å²) >= 11 is 2.37. The molecule has 3 rings (SSSR count). The molecule has 1 aromatic heterocycles. The van der Waals surface area contributed by atoms with Gasteiger partial charge in [0.1, 0.15) is 0 Å². The number of rotatable bonds is 8. The zero-order valence-corrected chi connectivity index (χ0v) is 19.2. The van der Waals surface area contributed by atoms with Crippen LogP contribution in [0.1, 0.15) is 39.0 Å². The molecule has 0 atom stereocenters. The van der Waals surface area contributed by atoms with Gasteiger partial charge in [0.05, 0.1) is 28.5 Å². The van der Waals surface area contributed by atoms with E-state index in [1.165, 1.54) is 18.0 Å². The fraction of sp³-hybridized carbons (Fsp3) is 0.476. The summed E-state index contributed by atoms with van der Waals surface area (Å²) in [7, 11) is 0. The predicted octanol–water partition coefficient (Wildman–Crippen LogP) is 5.83. The van der Waals surface area contributed by atoms with E-state index in [2.05, 4.69) is 10.3 Å². The quantitative estimate of drug-likeness (QED) is 0.288. The molecule has 0 bridgehead atoms. The van der Waals surface area contributed by atoms with Crippen molar-refractivity contribution in [1.82, 2.24) is 4.98 Å². The van der Waals surface area contributed by atoms with E-state index in [-0.39, 0.29) is 35.0 Å². The van der Waals surface area contributed by atoms with Crippen LogP contribution in [0.2, 0.25) is 0 Å². The summed E-state index contributed by atoms with van der Waals surface area (Å²) in [5, 5.41) is 2.85. The van der Waals surface area contributed by atoms with Crippen molar-refractivity contribution in [2.24, 2.45) is 5.92 Å². The minimum Gasteiger partial charge on any atom is -0.465 e. The zero-order chi connectivity index (χ0) is 23.1. The summed E-state index contributed by atoms with van der Waals surface area (Å²) in [6, 6.07) is 1.19. The Morgan fingerprint density at radius 3 is 2.69 bits per heavy atom. The van der Waals surface area contributed by atoms with E-state index in [9.17, 15) is 22.8 Å². The van der Waals surface area contributed by atoms with E-state index in [0.717, 1.165) is 60.5 Å². The first kappa shape index (κ1) is 24.4. The molecule has 1 aromatic carbocycles. The molecule has 1 aliphatic rings. The highest BCUT2D eigenvalue weighted by molar-refractivity contribution is 8.01. The smallest absolute Gasteiger partial charge is 0.328 e. The molecule has 0 radical (unpaired) electrons. The molecule has 1 aliphatic carbocycles. The summed E-state index contributed by atoms with van der Waals surface area (Å²) < 4.78 is 47.4. The van der Waals surface area contributed by atoms with Gasteiger partial charge in [0.2, 0.25) is 0 Å². The van der Waals surface area contributed by atoms with Crippen LogP contribution in [-0.2, 0) is 9.53 Å². The normalized spacial score (nSPS) is 14.2. The molecule has 1 fully saturated rings. The number of carbonyl (C=O) groups is 2. The first-order valence-corrected chi connectivity index (χ1v) is 12.2. The maximum Gasteiger partial charge on any atom is 0.328 e. The number of thioether (sulfide) groups is 1. The van der Waals surface area contributed by atoms with Gasteiger partial charge in [-0.25, -0.2) is 22.9 Å². The molecule has 1 N–H and O–H groups in total. The van der Waals surface area contributed by atoms with Crippen molar-refractivity contribution >= 4 is 45.9 Å². The van der Waals surface area contributed by atoms with E-state index in [4.69, 9.17) is 4.74 Å². The van der Waals surface area contributed by atoms with Crippen molar-refractivity contribution in [3.8, 4) is 0 Å². The molecule has 32 heavy (non-hydrogen) atoms. The first-order chi connectivity index (χ1) is 15.4. The Bertz CT molecular complexity index is 952. The van der Waals surface area contributed by atoms with Gasteiger partial charge >= 0.3 is 12.0 Å². The first-order valence-electron chi connectivity index (χ1n) is 10.3. The lowest BCUT2D eigenvalue weighted by molar-refractivity contribution is -0.139. The van der Waals surface area contributed by atoms with Gasteiger partial charge in [-0.3, -0.25) is 15.0 Å². The summed E-state index contributed by atoms with van der Waals surface area (Å²) in [5.41, 5.74) is -0.319. The van der Waals surface area contributed by atoms with E-state index >= 15 is 0 Å². The lowest BCUT2D eigenvalue weighted by Gasteiger charge is -2.30. The molecule has 6 nitrogen and oxygen atoms in total. The SMILES string of the molecule is CCOC(=O)CSc1cnc(NC(=O)N(CC2CCCCC2)c2ccc(F)c(F)c2F)s1. The number of carbonyl (C=O) groups excluding carboxylic acids is 2. The largest absolute Gasteiger partial charge is 0.465 e. The maximum atomic E-state index is 14.5. The molecule has 0 aliphatic heterocycles. The number of hydrogen-bond acceptors (Lipinski definition) is 6. The molecule has 174 valence electrons. The lowest BCUT2D eigenvalue weighted by Crippen LogP contribution is -2.40. The minimum atomic E-state index is -1.61. The van der Waals surface area contributed by atoms with E-state index in [0.29, 0.717) is 10.8 Å². The number of urea groups is 1. The highest BCUT2D eigenvalue weighted by atomic mass is 32.2. The molecule has 11 heteroatoms. The molecule has 0 unspecified atom stereocenters. The monoisotopic (exact) mass is 487 g/mol. The third-order valence-electron chi connectivity index (χ3n) is 5.05. The predicted molar refractivity (Wildman–Crippen MR) is 119 cm³/mol. The molecular formula is C21H24F3N3O3S2. The number of aromatic nitrogens is 1. The van der Waals surface area contributed by atoms with Gasteiger partial charge in [-0.05, 0) is 37.8 Å².